The van der Waals surface area contributed by atoms with Gasteiger partial charge in [0.2, 0.25) is 0 Å². The van der Waals surface area contributed by atoms with Crippen LogP contribution in [0.25, 0.3) is 0 Å². The lowest BCUT2D eigenvalue weighted by Gasteiger charge is -2.41. The molecule has 0 spiro atoms. The number of fused-ring (bicyclic) bond motifs is 3. The summed E-state index contributed by atoms with van der Waals surface area (Å²) in [6, 6.07) is 4.57. The average molecular weight is 369 g/mol. The predicted molar refractivity (Wildman–Crippen MR) is 87.1 cm³/mol. The number of likely N-dealkylation sites (tertiary alicyclic amines) is 1. The lowest BCUT2D eigenvalue weighted by Crippen LogP contribution is -2.55. The Hall–Kier alpha value is -2.45. The van der Waals surface area contributed by atoms with E-state index in [1.54, 1.807) is 22.8 Å². The molecule has 0 saturated carbocycles. The standard InChI is InChI=1S/C17H18F3N3O3/c1-2-26-16(25)21-7-6-12-11(8-21)10-4-3-5-13-15(10)22(12)9-14(24)23(13)17(18,19)20/h3-5,11-12H,2,6-9H2,1H3/t11-,12-/m0/s1. The van der Waals surface area contributed by atoms with E-state index in [2.05, 4.69) is 0 Å². The third-order valence-corrected chi connectivity index (χ3v) is 5.28. The van der Waals surface area contributed by atoms with Gasteiger partial charge in [-0.2, -0.15) is 0 Å². The van der Waals surface area contributed by atoms with Crippen LogP contribution in [0.1, 0.15) is 24.8 Å². The summed E-state index contributed by atoms with van der Waals surface area (Å²) < 4.78 is 45.2. The van der Waals surface area contributed by atoms with Crippen LogP contribution in [0.3, 0.4) is 0 Å². The van der Waals surface area contributed by atoms with Crippen molar-refractivity contribution in [2.75, 3.05) is 36.0 Å². The number of rotatable bonds is 1. The fourth-order valence-corrected chi connectivity index (χ4v) is 4.33. The number of hydrogen-bond acceptors (Lipinski definition) is 4. The molecule has 9 heteroatoms. The molecule has 1 saturated heterocycles. The summed E-state index contributed by atoms with van der Waals surface area (Å²) in [5.74, 6) is -1.11. The summed E-state index contributed by atoms with van der Waals surface area (Å²) in [6.45, 7) is 2.52. The van der Waals surface area contributed by atoms with Crippen molar-refractivity contribution in [2.24, 2.45) is 0 Å². The first kappa shape index (κ1) is 17.0. The fraction of sp³-hybridized carbons (Fsp3) is 0.529. The Balaban J connectivity index is 1.73. The van der Waals surface area contributed by atoms with E-state index in [-0.39, 0.29) is 35.7 Å². The summed E-state index contributed by atoms with van der Waals surface area (Å²) in [7, 11) is 0. The highest BCUT2D eigenvalue weighted by atomic mass is 19.4. The largest absolute Gasteiger partial charge is 0.491 e. The van der Waals surface area contributed by atoms with E-state index in [4.69, 9.17) is 4.74 Å². The molecule has 2 atom stereocenters. The molecule has 0 aromatic heterocycles. The summed E-state index contributed by atoms with van der Waals surface area (Å²) in [5.41, 5.74) is 1.09. The Labute approximate surface area is 148 Å². The molecular formula is C17H18F3N3O3. The Kier molecular flexibility index (Phi) is 3.78. The van der Waals surface area contributed by atoms with Crippen LogP contribution in [0.2, 0.25) is 0 Å². The number of piperidine rings is 1. The number of halogens is 3. The second kappa shape index (κ2) is 5.78. The molecule has 3 aliphatic rings. The van der Waals surface area contributed by atoms with Crippen molar-refractivity contribution in [1.82, 2.24) is 4.90 Å². The molecule has 6 nitrogen and oxygen atoms in total. The molecule has 1 aromatic carbocycles. The monoisotopic (exact) mass is 369 g/mol. The summed E-state index contributed by atoms with van der Waals surface area (Å²) >= 11 is 0. The molecule has 0 aliphatic carbocycles. The smallest absolute Gasteiger partial charge is 0.450 e. The SMILES string of the molecule is CCOC(=O)N1CC[C@H]2[C@@H](C1)c1cccc3c1N2CC(=O)N3C(F)(F)F. The maximum absolute atomic E-state index is 13.4. The van der Waals surface area contributed by atoms with Gasteiger partial charge in [-0.1, -0.05) is 12.1 Å². The first-order valence-corrected chi connectivity index (χ1v) is 8.54. The molecule has 26 heavy (non-hydrogen) atoms. The third-order valence-electron chi connectivity index (χ3n) is 5.28. The van der Waals surface area contributed by atoms with E-state index < -0.39 is 18.3 Å². The number of nitrogens with zero attached hydrogens (tertiary/aromatic N) is 3. The van der Waals surface area contributed by atoms with E-state index in [1.807, 2.05) is 0 Å². The van der Waals surface area contributed by atoms with E-state index in [0.29, 0.717) is 25.2 Å². The Morgan fingerprint density at radius 1 is 1.35 bits per heavy atom. The molecule has 1 aromatic rings. The maximum Gasteiger partial charge on any atom is 0.491 e. The molecule has 3 heterocycles. The van der Waals surface area contributed by atoms with Crippen LogP contribution < -0.4 is 9.80 Å². The number of carbonyl (C=O) groups excluding carboxylic acids is 2. The van der Waals surface area contributed by atoms with Gasteiger partial charge >= 0.3 is 12.4 Å². The lowest BCUT2D eigenvalue weighted by molar-refractivity contribution is -0.149. The van der Waals surface area contributed by atoms with Gasteiger partial charge in [0, 0.05) is 25.0 Å². The zero-order valence-electron chi connectivity index (χ0n) is 14.1. The van der Waals surface area contributed by atoms with E-state index in [1.165, 1.54) is 12.1 Å². The molecule has 2 amide bonds. The van der Waals surface area contributed by atoms with Crippen LogP contribution in [0.15, 0.2) is 18.2 Å². The Morgan fingerprint density at radius 3 is 2.81 bits per heavy atom. The second-order valence-electron chi connectivity index (χ2n) is 6.65. The van der Waals surface area contributed by atoms with Crippen molar-refractivity contribution in [1.29, 1.82) is 0 Å². The molecule has 0 radical (unpaired) electrons. The number of benzene rings is 1. The van der Waals surface area contributed by atoms with Gasteiger partial charge in [0.05, 0.1) is 24.5 Å². The van der Waals surface area contributed by atoms with Gasteiger partial charge in [0.25, 0.3) is 5.91 Å². The van der Waals surface area contributed by atoms with Gasteiger partial charge in [-0.25, -0.2) is 9.69 Å². The van der Waals surface area contributed by atoms with Crippen LogP contribution in [0, 0.1) is 0 Å². The number of carbonyl (C=O) groups is 2. The van der Waals surface area contributed by atoms with Gasteiger partial charge < -0.3 is 14.5 Å². The topological polar surface area (TPSA) is 53.1 Å². The van der Waals surface area contributed by atoms with E-state index in [0.717, 1.165) is 5.56 Å². The first-order valence-electron chi connectivity index (χ1n) is 8.54. The predicted octanol–water partition coefficient (Wildman–Crippen LogP) is 2.69. The van der Waals surface area contributed by atoms with Crippen molar-refractivity contribution < 1.29 is 27.5 Å². The van der Waals surface area contributed by atoms with Crippen molar-refractivity contribution in [2.45, 2.75) is 31.6 Å². The fourth-order valence-electron chi connectivity index (χ4n) is 4.33. The van der Waals surface area contributed by atoms with Gasteiger partial charge in [-0.3, -0.25) is 4.79 Å². The quantitative estimate of drug-likeness (QED) is 0.715. The normalized spacial score (nSPS) is 24.5. The van der Waals surface area contributed by atoms with Gasteiger partial charge in [-0.05, 0) is 25.0 Å². The summed E-state index contributed by atoms with van der Waals surface area (Å²) in [4.78, 5) is 27.6. The molecular weight excluding hydrogens is 351 g/mol. The van der Waals surface area contributed by atoms with Crippen LogP contribution in [-0.4, -0.2) is 55.5 Å². The van der Waals surface area contributed by atoms with Crippen molar-refractivity contribution in [3.63, 3.8) is 0 Å². The summed E-state index contributed by atoms with van der Waals surface area (Å²) in [5, 5.41) is 0. The molecule has 1 fully saturated rings. The van der Waals surface area contributed by atoms with Gasteiger partial charge in [0.15, 0.2) is 0 Å². The second-order valence-corrected chi connectivity index (χ2v) is 6.65. The molecule has 0 bridgehead atoms. The van der Waals surface area contributed by atoms with Crippen LogP contribution in [-0.2, 0) is 9.53 Å². The average Bonchev–Trinajstić information content (AvgIpc) is 2.89. The Morgan fingerprint density at radius 2 is 2.12 bits per heavy atom. The molecule has 0 unspecified atom stereocenters. The van der Waals surface area contributed by atoms with E-state index >= 15 is 0 Å². The van der Waals surface area contributed by atoms with E-state index in [9.17, 15) is 22.8 Å². The number of anilines is 2. The summed E-state index contributed by atoms with van der Waals surface area (Å²) in [6.07, 6.45) is -4.59. The number of para-hydroxylation sites is 1. The number of ether oxygens (including phenoxy) is 1. The van der Waals surface area contributed by atoms with Crippen molar-refractivity contribution >= 4 is 23.4 Å². The van der Waals surface area contributed by atoms with Gasteiger partial charge in [0.1, 0.15) is 0 Å². The van der Waals surface area contributed by atoms with Crippen LogP contribution >= 0.6 is 0 Å². The number of amides is 2. The van der Waals surface area contributed by atoms with Crippen LogP contribution in [0.4, 0.5) is 29.3 Å². The van der Waals surface area contributed by atoms with Gasteiger partial charge in [-0.15, -0.1) is 13.2 Å². The highest BCUT2D eigenvalue weighted by Crippen LogP contribution is 2.52. The minimum absolute atomic E-state index is 0.0667. The zero-order chi connectivity index (χ0) is 18.6. The molecule has 3 aliphatic heterocycles. The maximum atomic E-state index is 13.4. The number of hydrogen-bond donors (Lipinski definition) is 0. The lowest BCUT2D eigenvalue weighted by atomic mass is 9.89. The van der Waals surface area contributed by atoms with Crippen molar-refractivity contribution in [3.8, 4) is 0 Å². The minimum atomic E-state index is -4.76. The molecule has 4 rings (SSSR count). The zero-order valence-corrected chi connectivity index (χ0v) is 14.1. The number of alkyl halides is 3. The third kappa shape index (κ3) is 2.40. The highest BCUT2D eigenvalue weighted by molar-refractivity contribution is 6.05. The Bertz CT molecular complexity index is 767. The molecule has 140 valence electrons. The van der Waals surface area contributed by atoms with Crippen molar-refractivity contribution in [3.05, 3.63) is 23.8 Å². The molecule has 0 N–H and O–H groups in total. The van der Waals surface area contributed by atoms with Crippen LogP contribution in [0.5, 0.6) is 0 Å². The first-order chi connectivity index (χ1) is 12.3. The minimum Gasteiger partial charge on any atom is -0.450 e. The highest BCUT2D eigenvalue weighted by Gasteiger charge is 2.52.